The zero-order chi connectivity index (χ0) is 18.9. The molecule has 0 bridgehead atoms. The molecule has 9 heteroatoms. The van der Waals surface area contributed by atoms with E-state index in [1.807, 2.05) is 0 Å². The second-order valence-electron chi connectivity index (χ2n) is 6.49. The van der Waals surface area contributed by atoms with Gasteiger partial charge in [0.1, 0.15) is 10.7 Å². The van der Waals surface area contributed by atoms with Crippen LogP contribution >= 0.6 is 11.3 Å². The zero-order valence-corrected chi connectivity index (χ0v) is 16.2. The van der Waals surface area contributed by atoms with Crippen molar-refractivity contribution in [1.82, 2.24) is 9.88 Å². The molecule has 2 aromatic rings. The maximum atomic E-state index is 13.0. The standard InChI is InChI=1S/C17H20FN3O3S2/c1-11-4-3-9-21(10-11)16(22)15-12(2)19-17(25-15)20-26(23,24)14-7-5-13(18)6-8-14/h5-8,11H,3-4,9-10H2,1-2H3,(H,19,20). The molecule has 1 amide bonds. The van der Waals surface area contributed by atoms with Gasteiger partial charge in [0.2, 0.25) is 0 Å². The maximum absolute atomic E-state index is 13.0. The zero-order valence-electron chi connectivity index (χ0n) is 14.5. The predicted octanol–water partition coefficient (Wildman–Crippen LogP) is 3.26. The fraction of sp³-hybridized carbons (Fsp3) is 0.412. The van der Waals surface area contributed by atoms with E-state index in [0.717, 1.165) is 36.3 Å². The fourth-order valence-corrected chi connectivity index (χ4v) is 5.11. The number of amides is 1. The third kappa shape index (κ3) is 4.04. The summed E-state index contributed by atoms with van der Waals surface area (Å²) in [5.74, 6) is -0.172. The van der Waals surface area contributed by atoms with Crippen LogP contribution in [0.1, 0.15) is 35.1 Å². The molecule has 26 heavy (non-hydrogen) atoms. The van der Waals surface area contributed by atoms with Gasteiger partial charge in [0.25, 0.3) is 15.9 Å². The summed E-state index contributed by atoms with van der Waals surface area (Å²) < 4.78 is 40.1. The monoisotopic (exact) mass is 397 g/mol. The first-order chi connectivity index (χ1) is 12.3. The molecule has 0 aliphatic carbocycles. The van der Waals surface area contributed by atoms with Gasteiger partial charge in [-0.15, -0.1) is 0 Å². The number of carbonyl (C=O) groups excluding carboxylic acids is 1. The second kappa shape index (κ2) is 7.32. The summed E-state index contributed by atoms with van der Waals surface area (Å²) >= 11 is 1.02. The number of nitrogens with zero attached hydrogens (tertiary/aromatic N) is 2. The Morgan fingerprint density at radius 3 is 2.69 bits per heavy atom. The van der Waals surface area contributed by atoms with Crippen molar-refractivity contribution < 1.29 is 17.6 Å². The molecule has 1 unspecified atom stereocenters. The van der Waals surface area contributed by atoms with Crippen molar-refractivity contribution in [3.05, 3.63) is 40.7 Å². The minimum absolute atomic E-state index is 0.0653. The van der Waals surface area contributed by atoms with Gasteiger partial charge < -0.3 is 4.90 Å². The van der Waals surface area contributed by atoms with Gasteiger partial charge in [-0.05, 0) is 49.9 Å². The number of benzene rings is 1. The molecular formula is C17H20FN3O3S2. The number of piperidine rings is 1. The van der Waals surface area contributed by atoms with Crippen molar-refractivity contribution in [3.8, 4) is 0 Å². The van der Waals surface area contributed by atoms with Crippen LogP contribution in [0, 0.1) is 18.7 Å². The Morgan fingerprint density at radius 1 is 1.35 bits per heavy atom. The summed E-state index contributed by atoms with van der Waals surface area (Å²) in [5, 5.41) is 0.125. The maximum Gasteiger partial charge on any atom is 0.265 e. The van der Waals surface area contributed by atoms with E-state index in [-0.39, 0.29) is 15.9 Å². The van der Waals surface area contributed by atoms with Crippen LogP contribution in [0.3, 0.4) is 0 Å². The first kappa shape index (κ1) is 18.8. The van der Waals surface area contributed by atoms with Gasteiger partial charge in [0.15, 0.2) is 5.13 Å². The highest BCUT2D eigenvalue weighted by Crippen LogP contribution is 2.28. The highest BCUT2D eigenvalue weighted by Gasteiger charge is 2.26. The Morgan fingerprint density at radius 2 is 2.04 bits per heavy atom. The van der Waals surface area contributed by atoms with Crippen molar-refractivity contribution in [2.75, 3.05) is 17.8 Å². The largest absolute Gasteiger partial charge is 0.338 e. The number of hydrogen-bond acceptors (Lipinski definition) is 5. The molecule has 1 fully saturated rings. The number of nitrogens with one attached hydrogen (secondary N) is 1. The van der Waals surface area contributed by atoms with Crippen molar-refractivity contribution in [2.45, 2.75) is 31.6 Å². The van der Waals surface area contributed by atoms with Gasteiger partial charge in [-0.2, -0.15) is 0 Å². The van der Waals surface area contributed by atoms with E-state index in [4.69, 9.17) is 0 Å². The van der Waals surface area contributed by atoms with Gasteiger partial charge in [-0.25, -0.2) is 17.8 Å². The molecule has 2 heterocycles. The molecule has 0 saturated carbocycles. The van der Waals surface area contributed by atoms with Crippen molar-refractivity contribution >= 4 is 32.4 Å². The van der Waals surface area contributed by atoms with E-state index in [0.29, 0.717) is 29.6 Å². The minimum Gasteiger partial charge on any atom is -0.338 e. The average molecular weight is 397 g/mol. The lowest BCUT2D eigenvalue weighted by Crippen LogP contribution is -2.39. The van der Waals surface area contributed by atoms with Crippen molar-refractivity contribution in [2.24, 2.45) is 5.92 Å². The summed E-state index contributed by atoms with van der Waals surface area (Å²) in [4.78, 5) is 19.1. The summed E-state index contributed by atoms with van der Waals surface area (Å²) in [6.07, 6.45) is 2.07. The molecule has 1 aliphatic rings. The van der Waals surface area contributed by atoms with Crippen LogP contribution in [0.5, 0.6) is 0 Å². The Balaban J connectivity index is 1.79. The molecule has 0 spiro atoms. The first-order valence-electron chi connectivity index (χ1n) is 8.31. The predicted molar refractivity (Wildman–Crippen MR) is 98.4 cm³/mol. The Bertz CT molecular complexity index is 910. The number of rotatable bonds is 4. The highest BCUT2D eigenvalue weighted by molar-refractivity contribution is 7.93. The SMILES string of the molecule is Cc1nc(NS(=O)(=O)c2ccc(F)cc2)sc1C(=O)N1CCCC(C)C1. The lowest BCUT2D eigenvalue weighted by Gasteiger charge is -2.30. The summed E-state index contributed by atoms with van der Waals surface area (Å²) in [6.45, 7) is 5.21. The molecule has 1 atom stereocenters. The number of likely N-dealkylation sites (tertiary alicyclic amines) is 1. The first-order valence-corrected chi connectivity index (χ1v) is 10.6. The molecule has 1 aromatic carbocycles. The number of anilines is 1. The van der Waals surface area contributed by atoms with Crippen LogP contribution in [-0.2, 0) is 10.0 Å². The number of thiazole rings is 1. The van der Waals surface area contributed by atoms with E-state index in [9.17, 15) is 17.6 Å². The smallest absolute Gasteiger partial charge is 0.265 e. The van der Waals surface area contributed by atoms with E-state index in [2.05, 4.69) is 16.6 Å². The van der Waals surface area contributed by atoms with E-state index in [1.165, 1.54) is 12.1 Å². The topological polar surface area (TPSA) is 79.4 Å². The van der Waals surface area contributed by atoms with Gasteiger partial charge in [-0.3, -0.25) is 9.52 Å². The number of aromatic nitrogens is 1. The summed E-state index contributed by atoms with van der Waals surface area (Å²) in [5.41, 5.74) is 0.495. The van der Waals surface area contributed by atoms with E-state index in [1.54, 1.807) is 11.8 Å². The van der Waals surface area contributed by atoms with Crippen LogP contribution < -0.4 is 4.72 Å². The van der Waals surface area contributed by atoms with Crippen molar-refractivity contribution in [3.63, 3.8) is 0 Å². The van der Waals surface area contributed by atoms with Crippen molar-refractivity contribution in [1.29, 1.82) is 0 Å². The minimum atomic E-state index is -3.89. The van der Waals surface area contributed by atoms with Crippen LogP contribution in [0.4, 0.5) is 9.52 Å². The lowest BCUT2D eigenvalue weighted by molar-refractivity contribution is 0.0687. The molecule has 0 radical (unpaired) electrons. The Kier molecular flexibility index (Phi) is 5.29. The normalized spacial score (nSPS) is 18.0. The van der Waals surface area contributed by atoms with Gasteiger partial charge in [0.05, 0.1) is 10.6 Å². The summed E-state index contributed by atoms with van der Waals surface area (Å²) in [6, 6.07) is 4.51. The molecule has 1 aromatic heterocycles. The third-order valence-electron chi connectivity index (χ3n) is 4.28. The lowest BCUT2D eigenvalue weighted by atomic mass is 10.0. The van der Waals surface area contributed by atoms with Gasteiger partial charge in [0, 0.05) is 13.1 Å². The Hall–Kier alpha value is -2.00. The molecule has 1 saturated heterocycles. The molecule has 6 nitrogen and oxygen atoms in total. The highest BCUT2D eigenvalue weighted by atomic mass is 32.2. The fourth-order valence-electron chi connectivity index (χ4n) is 2.94. The van der Waals surface area contributed by atoms with Crippen LogP contribution in [0.25, 0.3) is 0 Å². The number of aryl methyl sites for hydroxylation is 1. The summed E-state index contributed by atoms with van der Waals surface area (Å²) in [7, 11) is -3.89. The number of carbonyl (C=O) groups is 1. The van der Waals surface area contributed by atoms with E-state index >= 15 is 0 Å². The van der Waals surface area contributed by atoms with Crippen LogP contribution in [0.15, 0.2) is 29.2 Å². The average Bonchev–Trinajstić information content (AvgIpc) is 2.94. The molecule has 140 valence electrons. The molecule has 1 aliphatic heterocycles. The van der Waals surface area contributed by atoms with Crippen LogP contribution in [0.2, 0.25) is 0 Å². The van der Waals surface area contributed by atoms with E-state index < -0.39 is 15.8 Å². The second-order valence-corrected chi connectivity index (χ2v) is 9.17. The van der Waals surface area contributed by atoms with Gasteiger partial charge >= 0.3 is 0 Å². The molecule has 1 N–H and O–H groups in total. The van der Waals surface area contributed by atoms with Gasteiger partial charge in [-0.1, -0.05) is 18.3 Å². The third-order valence-corrected chi connectivity index (χ3v) is 6.83. The number of halogens is 1. The molecule has 3 rings (SSSR count). The number of hydrogen-bond donors (Lipinski definition) is 1. The molecular weight excluding hydrogens is 377 g/mol. The van der Waals surface area contributed by atoms with Crippen LogP contribution in [-0.4, -0.2) is 37.3 Å². The Labute approximate surface area is 156 Å². The number of sulfonamides is 1. The quantitative estimate of drug-likeness (QED) is 0.859.